The lowest BCUT2D eigenvalue weighted by Crippen LogP contribution is -2.27. The fraction of sp³-hybridized carbons (Fsp3) is 0.500. The lowest BCUT2D eigenvalue weighted by atomic mass is 9.97. The minimum absolute atomic E-state index is 0.000744. The van der Waals surface area contributed by atoms with Gasteiger partial charge in [-0.1, -0.05) is 13.8 Å². The molecule has 0 aromatic heterocycles. The molecular formula is C16H22N2O3. The molecule has 114 valence electrons. The minimum atomic E-state index is -0.330. The van der Waals surface area contributed by atoms with Gasteiger partial charge in [-0.2, -0.15) is 0 Å². The topological polar surface area (TPSA) is 67.4 Å². The quantitative estimate of drug-likeness (QED) is 0.814. The van der Waals surface area contributed by atoms with Gasteiger partial charge in [0.05, 0.1) is 18.1 Å². The van der Waals surface area contributed by atoms with Crippen molar-refractivity contribution < 1.29 is 14.3 Å². The van der Waals surface area contributed by atoms with Crippen molar-refractivity contribution >= 4 is 17.6 Å². The molecule has 1 heterocycles. The van der Waals surface area contributed by atoms with E-state index in [0.717, 1.165) is 13.0 Å². The van der Waals surface area contributed by atoms with Gasteiger partial charge >= 0.3 is 5.97 Å². The zero-order valence-electron chi connectivity index (χ0n) is 12.5. The Morgan fingerprint density at radius 3 is 2.57 bits per heavy atom. The number of carbonyl (C=O) groups excluding carboxylic acids is 2. The SMILES string of the molecule is CCCOC(=O)c1ccc(NC(=O)C2CNCC2C)cc1. The van der Waals surface area contributed by atoms with E-state index in [-0.39, 0.29) is 17.8 Å². The van der Waals surface area contributed by atoms with Crippen LogP contribution in [0.25, 0.3) is 0 Å². The van der Waals surface area contributed by atoms with Gasteiger partial charge in [0.25, 0.3) is 0 Å². The standard InChI is InChI=1S/C16H22N2O3/c1-3-8-21-16(20)12-4-6-13(7-5-12)18-15(19)14-10-17-9-11(14)2/h4-7,11,14,17H,3,8-10H2,1-2H3,(H,18,19). The van der Waals surface area contributed by atoms with Crippen LogP contribution in [0.2, 0.25) is 0 Å². The zero-order chi connectivity index (χ0) is 15.2. The highest BCUT2D eigenvalue weighted by Crippen LogP contribution is 2.19. The Balaban J connectivity index is 1.93. The van der Waals surface area contributed by atoms with Crippen molar-refractivity contribution in [2.75, 3.05) is 25.0 Å². The van der Waals surface area contributed by atoms with Crippen molar-refractivity contribution in [3.8, 4) is 0 Å². The third kappa shape index (κ3) is 4.04. The van der Waals surface area contributed by atoms with Gasteiger partial charge in [-0.05, 0) is 43.1 Å². The molecule has 5 heteroatoms. The first-order valence-corrected chi connectivity index (χ1v) is 7.40. The maximum atomic E-state index is 12.1. The van der Waals surface area contributed by atoms with E-state index < -0.39 is 0 Å². The van der Waals surface area contributed by atoms with E-state index in [4.69, 9.17) is 4.74 Å². The summed E-state index contributed by atoms with van der Waals surface area (Å²) >= 11 is 0. The number of benzene rings is 1. The van der Waals surface area contributed by atoms with Crippen LogP contribution in [0.3, 0.4) is 0 Å². The van der Waals surface area contributed by atoms with Crippen LogP contribution < -0.4 is 10.6 Å². The first-order chi connectivity index (χ1) is 10.1. The van der Waals surface area contributed by atoms with Gasteiger partial charge in [0.15, 0.2) is 0 Å². The summed E-state index contributed by atoms with van der Waals surface area (Å²) in [6.45, 7) is 6.03. The molecule has 2 rings (SSSR count). The number of hydrogen-bond donors (Lipinski definition) is 2. The molecule has 1 aliphatic rings. The van der Waals surface area contributed by atoms with Gasteiger partial charge in [-0.3, -0.25) is 4.79 Å². The van der Waals surface area contributed by atoms with Gasteiger partial charge in [0.2, 0.25) is 5.91 Å². The molecule has 0 bridgehead atoms. The largest absolute Gasteiger partial charge is 0.462 e. The van der Waals surface area contributed by atoms with Crippen LogP contribution in [0, 0.1) is 11.8 Å². The van der Waals surface area contributed by atoms with E-state index in [2.05, 4.69) is 17.6 Å². The highest BCUT2D eigenvalue weighted by molar-refractivity contribution is 5.94. The van der Waals surface area contributed by atoms with Crippen molar-refractivity contribution in [1.82, 2.24) is 5.32 Å². The average Bonchev–Trinajstić information content (AvgIpc) is 2.91. The van der Waals surface area contributed by atoms with Gasteiger partial charge in [-0.25, -0.2) is 4.79 Å². The van der Waals surface area contributed by atoms with Crippen LogP contribution >= 0.6 is 0 Å². The van der Waals surface area contributed by atoms with Crippen LogP contribution in [0.4, 0.5) is 5.69 Å². The van der Waals surface area contributed by atoms with Gasteiger partial charge in [0, 0.05) is 12.2 Å². The first-order valence-electron chi connectivity index (χ1n) is 7.40. The molecule has 0 saturated carbocycles. The Hall–Kier alpha value is -1.88. The number of carbonyl (C=O) groups is 2. The summed E-state index contributed by atoms with van der Waals surface area (Å²) in [6.07, 6.45) is 0.799. The van der Waals surface area contributed by atoms with E-state index in [0.29, 0.717) is 30.3 Å². The molecule has 2 unspecified atom stereocenters. The molecule has 2 N–H and O–H groups in total. The van der Waals surface area contributed by atoms with Crippen molar-refractivity contribution in [3.63, 3.8) is 0 Å². The summed E-state index contributed by atoms with van der Waals surface area (Å²) in [5, 5.41) is 6.10. The number of hydrogen-bond acceptors (Lipinski definition) is 4. The molecular weight excluding hydrogens is 268 g/mol. The molecule has 21 heavy (non-hydrogen) atoms. The summed E-state index contributed by atoms with van der Waals surface area (Å²) in [4.78, 5) is 23.8. The lowest BCUT2D eigenvalue weighted by molar-refractivity contribution is -0.120. The second-order valence-corrected chi connectivity index (χ2v) is 5.44. The van der Waals surface area contributed by atoms with E-state index >= 15 is 0 Å². The normalized spacial score (nSPS) is 21.0. The molecule has 1 amide bonds. The summed E-state index contributed by atoms with van der Waals surface area (Å²) < 4.78 is 5.06. The number of amides is 1. The summed E-state index contributed by atoms with van der Waals surface area (Å²) in [7, 11) is 0. The predicted molar refractivity (Wildman–Crippen MR) is 81.2 cm³/mol. The molecule has 1 aromatic rings. The van der Waals surface area contributed by atoms with Crippen LogP contribution in [-0.4, -0.2) is 31.6 Å². The Labute approximate surface area is 125 Å². The monoisotopic (exact) mass is 290 g/mol. The van der Waals surface area contributed by atoms with Crippen molar-refractivity contribution in [3.05, 3.63) is 29.8 Å². The summed E-state index contributed by atoms with van der Waals surface area (Å²) in [5.41, 5.74) is 1.20. The second-order valence-electron chi connectivity index (χ2n) is 5.44. The molecule has 0 radical (unpaired) electrons. The van der Waals surface area contributed by atoms with Gasteiger partial charge in [0.1, 0.15) is 0 Å². The minimum Gasteiger partial charge on any atom is -0.462 e. The molecule has 5 nitrogen and oxygen atoms in total. The predicted octanol–water partition coefficient (Wildman–Crippen LogP) is 2.05. The molecule has 1 aromatic carbocycles. The fourth-order valence-electron chi connectivity index (χ4n) is 2.36. The lowest BCUT2D eigenvalue weighted by Gasteiger charge is -2.14. The molecule has 1 saturated heterocycles. The summed E-state index contributed by atoms with van der Waals surface area (Å²) in [6, 6.07) is 6.80. The van der Waals surface area contributed by atoms with Crippen molar-refractivity contribution in [2.45, 2.75) is 20.3 Å². The molecule has 0 spiro atoms. The first kappa shape index (κ1) is 15.5. The molecule has 1 aliphatic heterocycles. The maximum Gasteiger partial charge on any atom is 0.338 e. The number of nitrogens with one attached hydrogen (secondary N) is 2. The number of anilines is 1. The van der Waals surface area contributed by atoms with Gasteiger partial charge in [-0.15, -0.1) is 0 Å². The van der Waals surface area contributed by atoms with Crippen LogP contribution in [0.5, 0.6) is 0 Å². The van der Waals surface area contributed by atoms with E-state index in [1.165, 1.54) is 0 Å². The highest BCUT2D eigenvalue weighted by atomic mass is 16.5. The van der Waals surface area contributed by atoms with Crippen LogP contribution in [-0.2, 0) is 9.53 Å². The second kappa shape index (κ2) is 7.22. The van der Waals surface area contributed by atoms with E-state index in [9.17, 15) is 9.59 Å². The maximum absolute atomic E-state index is 12.1. The third-order valence-corrected chi connectivity index (χ3v) is 3.68. The average molecular weight is 290 g/mol. The van der Waals surface area contributed by atoms with Crippen LogP contribution in [0.15, 0.2) is 24.3 Å². The molecule has 0 aliphatic carbocycles. The molecule has 1 fully saturated rings. The smallest absolute Gasteiger partial charge is 0.338 e. The third-order valence-electron chi connectivity index (χ3n) is 3.68. The Morgan fingerprint density at radius 2 is 2.00 bits per heavy atom. The Kier molecular flexibility index (Phi) is 5.33. The van der Waals surface area contributed by atoms with Crippen LogP contribution in [0.1, 0.15) is 30.6 Å². The number of rotatable bonds is 5. The Morgan fingerprint density at radius 1 is 1.29 bits per heavy atom. The number of ether oxygens (including phenoxy) is 1. The highest BCUT2D eigenvalue weighted by Gasteiger charge is 2.29. The zero-order valence-corrected chi connectivity index (χ0v) is 12.5. The van der Waals surface area contributed by atoms with Crippen molar-refractivity contribution in [1.29, 1.82) is 0 Å². The number of esters is 1. The van der Waals surface area contributed by atoms with E-state index in [1.54, 1.807) is 24.3 Å². The summed E-state index contributed by atoms with van der Waals surface area (Å²) in [5.74, 6) is 0.0321. The molecule has 2 atom stereocenters. The fourth-order valence-corrected chi connectivity index (χ4v) is 2.36. The van der Waals surface area contributed by atoms with Crippen molar-refractivity contribution in [2.24, 2.45) is 11.8 Å². The Bertz CT molecular complexity index is 499. The van der Waals surface area contributed by atoms with Gasteiger partial charge < -0.3 is 15.4 Å². The van der Waals surface area contributed by atoms with E-state index in [1.807, 2.05) is 6.92 Å².